The van der Waals surface area contributed by atoms with Gasteiger partial charge in [-0.2, -0.15) is 0 Å². The molecule has 37 heavy (non-hydrogen) atoms. The van der Waals surface area contributed by atoms with Crippen molar-refractivity contribution >= 4 is 34.6 Å². The van der Waals surface area contributed by atoms with E-state index in [4.69, 9.17) is 4.74 Å². The molecule has 192 valence electrons. The van der Waals surface area contributed by atoms with Gasteiger partial charge in [0.1, 0.15) is 11.9 Å². The van der Waals surface area contributed by atoms with E-state index in [1.165, 1.54) is 11.8 Å². The van der Waals surface area contributed by atoms with Gasteiger partial charge in [-0.25, -0.2) is 4.98 Å². The fourth-order valence-electron chi connectivity index (χ4n) is 3.64. The van der Waals surface area contributed by atoms with Crippen molar-refractivity contribution in [1.29, 1.82) is 0 Å². The number of hydrogen-bond donors (Lipinski definition) is 3. The molecule has 8 nitrogen and oxygen atoms in total. The number of ether oxygens (including phenoxy) is 1. The lowest BCUT2D eigenvalue weighted by Gasteiger charge is -2.18. The molecule has 0 aliphatic rings. The number of carbonyl (C=O) groups excluding carboxylic acids is 2. The average Bonchev–Trinajstić information content (AvgIpc) is 3.35. The second-order valence-corrected chi connectivity index (χ2v) is 9.86. The van der Waals surface area contributed by atoms with Crippen LogP contribution in [0.15, 0.2) is 78.0 Å². The van der Waals surface area contributed by atoms with Gasteiger partial charge in [-0.1, -0.05) is 18.2 Å². The molecule has 4 rings (SSSR count). The van der Waals surface area contributed by atoms with E-state index in [1.54, 1.807) is 30.6 Å². The molecule has 0 saturated heterocycles. The van der Waals surface area contributed by atoms with Crippen LogP contribution in [0.2, 0.25) is 0 Å². The first-order valence-corrected chi connectivity index (χ1v) is 13.3. The van der Waals surface area contributed by atoms with E-state index in [0.29, 0.717) is 36.7 Å². The van der Waals surface area contributed by atoms with Crippen LogP contribution in [-0.2, 0) is 9.53 Å². The topological polar surface area (TPSA) is 109 Å². The fraction of sp³-hybridized carbons (Fsp3) is 0.286. The predicted octanol–water partition coefficient (Wildman–Crippen LogP) is 4.45. The SMILES string of the molecule is CC(C)OCCCNC(=O)C(CSc1ccccc1)NC(=O)c1ccc2nc(-c3ccncc3)[nH]c2c1. The van der Waals surface area contributed by atoms with Crippen molar-refractivity contribution in [3.05, 3.63) is 78.6 Å². The molecule has 2 amide bonds. The molecule has 0 aliphatic carbocycles. The third-order valence-corrected chi connectivity index (χ3v) is 6.66. The number of nitrogens with zero attached hydrogens (tertiary/aromatic N) is 2. The van der Waals surface area contributed by atoms with Gasteiger partial charge in [0, 0.05) is 47.3 Å². The maximum absolute atomic E-state index is 13.2. The minimum absolute atomic E-state index is 0.151. The highest BCUT2D eigenvalue weighted by Crippen LogP contribution is 2.21. The summed E-state index contributed by atoms with van der Waals surface area (Å²) in [5.74, 6) is 0.568. The summed E-state index contributed by atoms with van der Waals surface area (Å²) >= 11 is 1.52. The highest BCUT2D eigenvalue weighted by molar-refractivity contribution is 7.99. The number of aromatic amines is 1. The molecule has 3 N–H and O–H groups in total. The van der Waals surface area contributed by atoms with Gasteiger partial charge in [0.25, 0.3) is 5.91 Å². The van der Waals surface area contributed by atoms with Crippen LogP contribution < -0.4 is 10.6 Å². The van der Waals surface area contributed by atoms with Crippen molar-refractivity contribution in [2.45, 2.75) is 37.3 Å². The first kappa shape index (κ1) is 26.4. The number of carbonyl (C=O) groups is 2. The second kappa shape index (κ2) is 13.0. The van der Waals surface area contributed by atoms with E-state index in [9.17, 15) is 9.59 Å². The number of imidazole rings is 1. The molecule has 0 spiro atoms. The third-order valence-electron chi connectivity index (χ3n) is 5.55. The maximum atomic E-state index is 13.2. The second-order valence-electron chi connectivity index (χ2n) is 8.77. The number of H-pyrrole nitrogens is 1. The van der Waals surface area contributed by atoms with Gasteiger partial charge in [0.15, 0.2) is 0 Å². The Morgan fingerprint density at radius 3 is 2.59 bits per heavy atom. The zero-order valence-corrected chi connectivity index (χ0v) is 21.8. The smallest absolute Gasteiger partial charge is 0.252 e. The average molecular weight is 518 g/mol. The summed E-state index contributed by atoms with van der Waals surface area (Å²) in [5.41, 5.74) is 2.85. The molecule has 4 aromatic rings. The molecule has 1 atom stereocenters. The molecule has 1 unspecified atom stereocenters. The summed E-state index contributed by atoms with van der Waals surface area (Å²) in [6, 6.07) is 18.1. The van der Waals surface area contributed by atoms with Crippen LogP contribution in [0, 0.1) is 0 Å². The van der Waals surface area contributed by atoms with Gasteiger partial charge >= 0.3 is 0 Å². The Labute approximate surface area is 220 Å². The van der Waals surface area contributed by atoms with Gasteiger partial charge in [0.05, 0.1) is 17.1 Å². The Balaban J connectivity index is 1.44. The number of benzene rings is 2. The van der Waals surface area contributed by atoms with Crippen LogP contribution in [-0.4, -0.2) is 57.8 Å². The lowest BCUT2D eigenvalue weighted by molar-refractivity contribution is -0.122. The summed E-state index contributed by atoms with van der Waals surface area (Å²) in [4.78, 5) is 39.1. The van der Waals surface area contributed by atoms with Gasteiger partial charge in [-0.3, -0.25) is 14.6 Å². The molecular formula is C28H31N5O3S. The van der Waals surface area contributed by atoms with Crippen LogP contribution >= 0.6 is 11.8 Å². The number of amides is 2. The Morgan fingerprint density at radius 2 is 1.84 bits per heavy atom. The molecule has 2 heterocycles. The van der Waals surface area contributed by atoms with Gasteiger partial charge < -0.3 is 20.4 Å². The van der Waals surface area contributed by atoms with Crippen LogP contribution in [0.4, 0.5) is 0 Å². The van der Waals surface area contributed by atoms with E-state index in [0.717, 1.165) is 21.5 Å². The van der Waals surface area contributed by atoms with E-state index in [-0.39, 0.29) is 17.9 Å². The van der Waals surface area contributed by atoms with Crippen molar-refractivity contribution in [2.75, 3.05) is 18.9 Å². The standard InChI is InChI=1S/C28H31N5O3S/c1-19(2)36-16-6-13-30-28(35)25(18-37-22-7-4-3-5-8-22)33-27(34)21-9-10-23-24(17-21)32-26(31-23)20-11-14-29-15-12-20/h3-5,7-12,14-15,17,19,25H,6,13,16,18H2,1-2H3,(H,30,35)(H,31,32)(H,33,34). The minimum Gasteiger partial charge on any atom is -0.379 e. The monoisotopic (exact) mass is 517 g/mol. The van der Waals surface area contributed by atoms with Crippen molar-refractivity contribution < 1.29 is 14.3 Å². The summed E-state index contributed by atoms with van der Waals surface area (Å²) < 4.78 is 5.54. The Morgan fingerprint density at radius 1 is 1.05 bits per heavy atom. The highest BCUT2D eigenvalue weighted by atomic mass is 32.2. The maximum Gasteiger partial charge on any atom is 0.252 e. The van der Waals surface area contributed by atoms with Crippen molar-refractivity contribution in [1.82, 2.24) is 25.6 Å². The molecule has 0 radical (unpaired) electrons. The summed E-state index contributed by atoms with van der Waals surface area (Å²) in [5, 5.41) is 5.85. The Bertz CT molecular complexity index is 1310. The lowest BCUT2D eigenvalue weighted by Crippen LogP contribution is -2.48. The van der Waals surface area contributed by atoms with Gasteiger partial charge in [0.2, 0.25) is 5.91 Å². The van der Waals surface area contributed by atoms with Crippen molar-refractivity contribution in [2.24, 2.45) is 0 Å². The predicted molar refractivity (Wildman–Crippen MR) is 146 cm³/mol. The molecule has 2 aromatic heterocycles. The fourth-order valence-corrected chi connectivity index (χ4v) is 4.59. The lowest BCUT2D eigenvalue weighted by atomic mass is 10.1. The number of pyridine rings is 1. The highest BCUT2D eigenvalue weighted by Gasteiger charge is 2.22. The zero-order valence-electron chi connectivity index (χ0n) is 20.9. The van der Waals surface area contributed by atoms with E-state index in [2.05, 4.69) is 25.6 Å². The Kier molecular flexibility index (Phi) is 9.29. The van der Waals surface area contributed by atoms with Crippen LogP contribution in [0.25, 0.3) is 22.4 Å². The van der Waals surface area contributed by atoms with Gasteiger partial charge in [-0.15, -0.1) is 11.8 Å². The quantitative estimate of drug-likeness (QED) is 0.189. The number of fused-ring (bicyclic) bond motifs is 1. The van der Waals surface area contributed by atoms with E-state index in [1.807, 2.05) is 56.3 Å². The van der Waals surface area contributed by atoms with Gasteiger partial charge in [-0.05, 0) is 62.7 Å². The normalized spacial score (nSPS) is 12.0. The zero-order chi connectivity index (χ0) is 26.0. The number of hydrogen-bond acceptors (Lipinski definition) is 6. The molecular weight excluding hydrogens is 486 g/mol. The summed E-state index contributed by atoms with van der Waals surface area (Å²) in [6.45, 7) is 5.00. The van der Waals surface area contributed by atoms with Crippen molar-refractivity contribution in [3.63, 3.8) is 0 Å². The molecule has 2 aromatic carbocycles. The molecule has 0 fully saturated rings. The summed E-state index contributed by atoms with van der Waals surface area (Å²) in [6.07, 6.45) is 4.26. The van der Waals surface area contributed by atoms with Crippen LogP contribution in [0.5, 0.6) is 0 Å². The molecule has 0 saturated carbocycles. The first-order chi connectivity index (χ1) is 18.0. The van der Waals surface area contributed by atoms with E-state index >= 15 is 0 Å². The van der Waals surface area contributed by atoms with Crippen LogP contribution in [0.1, 0.15) is 30.6 Å². The number of thioether (sulfide) groups is 1. The number of aromatic nitrogens is 3. The number of rotatable bonds is 12. The third kappa shape index (κ3) is 7.65. The van der Waals surface area contributed by atoms with E-state index < -0.39 is 6.04 Å². The molecule has 0 aliphatic heterocycles. The van der Waals surface area contributed by atoms with Crippen molar-refractivity contribution in [3.8, 4) is 11.4 Å². The Hall–Kier alpha value is -3.69. The van der Waals surface area contributed by atoms with Crippen LogP contribution in [0.3, 0.4) is 0 Å². The summed E-state index contributed by atoms with van der Waals surface area (Å²) in [7, 11) is 0. The largest absolute Gasteiger partial charge is 0.379 e. The molecule has 0 bridgehead atoms. The molecule has 9 heteroatoms. The first-order valence-electron chi connectivity index (χ1n) is 12.3. The minimum atomic E-state index is -0.700. The number of nitrogens with one attached hydrogen (secondary N) is 3.